The number of amides is 2. The molecule has 1 fully saturated rings. The summed E-state index contributed by atoms with van der Waals surface area (Å²) in [6.45, 7) is 0.565. The van der Waals surface area contributed by atoms with Gasteiger partial charge in [0, 0.05) is 27.2 Å². The Hall–Kier alpha value is -2.98. The van der Waals surface area contributed by atoms with E-state index in [1.807, 2.05) is 4.90 Å². The molecule has 0 spiro atoms. The molecule has 1 atom stereocenters. The van der Waals surface area contributed by atoms with Crippen LogP contribution in [0, 0.1) is 5.82 Å². The summed E-state index contributed by atoms with van der Waals surface area (Å²) in [4.78, 5) is 29.5. The number of hydrogen-bond acceptors (Lipinski definition) is 5. The van der Waals surface area contributed by atoms with Crippen molar-refractivity contribution in [3.8, 4) is 0 Å². The van der Waals surface area contributed by atoms with Crippen molar-refractivity contribution in [2.75, 3.05) is 37.0 Å². The van der Waals surface area contributed by atoms with Crippen molar-refractivity contribution in [2.45, 2.75) is 36.7 Å². The SMILES string of the molecule is CN(C)S(=O)(=O)c1ccc2c(c1)N(CC(=O)NCc1cccc(F)c1)C(=O)[C@H]1CCCCN21. The minimum atomic E-state index is -3.72. The van der Waals surface area contributed by atoms with Gasteiger partial charge in [-0.25, -0.2) is 17.1 Å². The van der Waals surface area contributed by atoms with Crippen LogP contribution in [-0.4, -0.2) is 57.8 Å². The van der Waals surface area contributed by atoms with Crippen LogP contribution in [0.4, 0.5) is 15.8 Å². The fourth-order valence-electron chi connectivity index (χ4n) is 4.32. The van der Waals surface area contributed by atoms with Crippen molar-refractivity contribution >= 4 is 33.2 Å². The van der Waals surface area contributed by atoms with Gasteiger partial charge in [0.05, 0.1) is 16.3 Å². The Morgan fingerprint density at radius 1 is 1.15 bits per heavy atom. The zero-order valence-electron chi connectivity index (χ0n) is 18.6. The van der Waals surface area contributed by atoms with Gasteiger partial charge in [0.2, 0.25) is 21.8 Å². The Balaban J connectivity index is 1.63. The van der Waals surface area contributed by atoms with Crippen LogP contribution in [0.15, 0.2) is 47.4 Å². The quantitative estimate of drug-likeness (QED) is 0.693. The molecule has 10 heteroatoms. The molecule has 176 valence electrons. The van der Waals surface area contributed by atoms with Crippen LogP contribution in [0.2, 0.25) is 0 Å². The smallest absolute Gasteiger partial charge is 0.250 e. The maximum atomic E-state index is 13.4. The van der Waals surface area contributed by atoms with Gasteiger partial charge >= 0.3 is 0 Å². The number of hydrogen-bond donors (Lipinski definition) is 1. The zero-order chi connectivity index (χ0) is 23.8. The van der Waals surface area contributed by atoms with Gasteiger partial charge in [-0.05, 0) is 55.2 Å². The van der Waals surface area contributed by atoms with Crippen LogP contribution in [0.5, 0.6) is 0 Å². The highest BCUT2D eigenvalue weighted by atomic mass is 32.2. The fourth-order valence-corrected chi connectivity index (χ4v) is 5.24. The Morgan fingerprint density at radius 2 is 1.94 bits per heavy atom. The van der Waals surface area contributed by atoms with E-state index >= 15 is 0 Å². The van der Waals surface area contributed by atoms with E-state index in [0.29, 0.717) is 24.2 Å². The molecule has 33 heavy (non-hydrogen) atoms. The molecule has 0 aromatic heterocycles. The molecule has 4 rings (SSSR count). The summed E-state index contributed by atoms with van der Waals surface area (Å²) in [7, 11) is -0.833. The molecular weight excluding hydrogens is 447 g/mol. The zero-order valence-corrected chi connectivity index (χ0v) is 19.4. The highest BCUT2D eigenvalue weighted by molar-refractivity contribution is 7.89. The van der Waals surface area contributed by atoms with Gasteiger partial charge in [-0.3, -0.25) is 14.5 Å². The topological polar surface area (TPSA) is 90.0 Å². The number of carbonyl (C=O) groups excluding carboxylic acids is 2. The van der Waals surface area contributed by atoms with Crippen molar-refractivity contribution in [3.63, 3.8) is 0 Å². The number of sulfonamides is 1. The van der Waals surface area contributed by atoms with E-state index in [2.05, 4.69) is 5.32 Å². The Morgan fingerprint density at radius 3 is 2.67 bits per heavy atom. The summed E-state index contributed by atoms with van der Waals surface area (Å²) >= 11 is 0. The van der Waals surface area contributed by atoms with E-state index in [4.69, 9.17) is 0 Å². The van der Waals surface area contributed by atoms with E-state index in [9.17, 15) is 22.4 Å². The number of carbonyl (C=O) groups is 2. The summed E-state index contributed by atoms with van der Waals surface area (Å²) in [5.74, 6) is -1.03. The third kappa shape index (κ3) is 4.58. The molecule has 0 bridgehead atoms. The molecule has 0 aliphatic carbocycles. The minimum Gasteiger partial charge on any atom is -0.358 e. The lowest BCUT2D eigenvalue weighted by Crippen LogP contribution is -2.57. The van der Waals surface area contributed by atoms with E-state index in [-0.39, 0.29) is 29.9 Å². The molecule has 2 aromatic rings. The number of nitrogens with one attached hydrogen (secondary N) is 1. The number of piperidine rings is 1. The van der Waals surface area contributed by atoms with Gasteiger partial charge in [-0.15, -0.1) is 0 Å². The van der Waals surface area contributed by atoms with Gasteiger partial charge in [0.25, 0.3) is 0 Å². The Labute approximate surface area is 193 Å². The highest BCUT2D eigenvalue weighted by Crippen LogP contribution is 2.40. The van der Waals surface area contributed by atoms with Crippen LogP contribution in [-0.2, 0) is 26.2 Å². The molecule has 8 nitrogen and oxygen atoms in total. The highest BCUT2D eigenvalue weighted by Gasteiger charge is 2.40. The number of rotatable bonds is 6. The van der Waals surface area contributed by atoms with E-state index < -0.39 is 21.7 Å². The first-order valence-electron chi connectivity index (χ1n) is 10.8. The molecule has 2 aliphatic heterocycles. The molecule has 0 saturated carbocycles. The van der Waals surface area contributed by atoms with Crippen molar-refractivity contribution in [1.29, 1.82) is 0 Å². The van der Waals surface area contributed by atoms with Crippen LogP contribution in [0.1, 0.15) is 24.8 Å². The maximum absolute atomic E-state index is 13.4. The maximum Gasteiger partial charge on any atom is 0.250 e. The summed E-state index contributed by atoms with van der Waals surface area (Å²) in [5, 5.41) is 2.72. The summed E-state index contributed by atoms with van der Waals surface area (Å²) in [6.07, 6.45) is 2.53. The molecule has 1 N–H and O–H groups in total. The standard InChI is InChI=1S/C23H27FN4O4S/c1-26(2)33(31,32)18-9-10-19-21(13-18)28(23(30)20-8-3-4-11-27(19)20)15-22(29)25-14-16-6-5-7-17(24)12-16/h5-7,9-10,12-13,20H,3-4,8,11,14-15H2,1-2H3,(H,25,29)/t20-/m1/s1. The van der Waals surface area contributed by atoms with Crippen LogP contribution in [0.25, 0.3) is 0 Å². The number of fused-ring (bicyclic) bond motifs is 3. The normalized spacial score (nSPS) is 18.2. The number of nitrogens with zero attached hydrogens (tertiary/aromatic N) is 3. The van der Waals surface area contributed by atoms with Crippen molar-refractivity contribution in [1.82, 2.24) is 9.62 Å². The second-order valence-electron chi connectivity index (χ2n) is 8.47. The van der Waals surface area contributed by atoms with Crippen molar-refractivity contribution in [2.24, 2.45) is 0 Å². The Kier molecular flexibility index (Phi) is 6.40. The summed E-state index contributed by atoms with van der Waals surface area (Å²) < 4.78 is 39.9. The molecule has 2 aliphatic rings. The first-order valence-corrected chi connectivity index (χ1v) is 12.3. The van der Waals surface area contributed by atoms with E-state index in [1.165, 1.54) is 43.3 Å². The molecule has 2 aromatic carbocycles. The van der Waals surface area contributed by atoms with Crippen molar-refractivity contribution in [3.05, 3.63) is 53.8 Å². The fraction of sp³-hybridized carbons (Fsp3) is 0.391. The number of benzene rings is 2. The van der Waals surface area contributed by atoms with Gasteiger partial charge in [0.1, 0.15) is 18.4 Å². The van der Waals surface area contributed by atoms with Crippen molar-refractivity contribution < 1.29 is 22.4 Å². The van der Waals surface area contributed by atoms with Gasteiger partial charge in [0.15, 0.2) is 0 Å². The third-order valence-corrected chi connectivity index (χ3v) is 7.87. The van der Waals surface area contributed by atoms with Gasteiger partial charge in [-0.1, -0.05) is 12.1 Å². The first kappa shape index (κ1) is 23.2. The second-order valence-corrected chi connectivity index (χ2v) is 10.6. The third-order valence-electron chi connectivity index (χ3n) is 6.06. The largest absolute Gasteiger partial charge is 0.358 e. The molecule has 2 amide bonds. The van der Waals surface area contributed by atoms with Crippen LogP contribution >= 0.6 is 0 Å². The summed E-state index contributed by atoms with van der Waals surface area (Å²) in [6, 6.07) is 10.3. The van der Waals surface area contributed by atoms with E-state index in [1.54, 1.807) is 18.2 Å². The Bertz CT molecular complexity index is 1180. The number of halogens is 1. The lowest BCUT2D eigenvalue weighted by molar-refractivity contribution is -0.125. The average molecular weight is 475 g/mol. The van der Waals surface area contributed by atoms with Crippen LogP contribution < -0.4 is 15.1 Å². The monoisotopic (exact) mass is 474 g/mol. The molecule has 0 radical (unpaired) electrons. The molecule has 1 saturated heterocycles. The van der Waals surface area contributed by atoms with Crippen LogP contribution in [0.3, 0.4) is 0 Å². The lowest BCUT2D eigenvalue weighted by atomic mass is 9.96. The second kappa shape index (κ2) is 9.11. The molecule has 0 unspecified atom stereocenters. The van der Waals surface area contributed by atoms with E-state index in [0.717, 1.165) is 22.8 Å². The summed E-state index contributed by atoms with van der Waals surface area (Å²) in [5.41, 5.74) is 1.75. The predicted molar refractivity (Wildman–Crippen MR) is 123 cm³/mol. The van der Waals surface area contributed by atoms with Gasteiger partial charge < -0.3 is 10.2 Å². The molecular formula is C23H27FN4O4S. The average Bonchev–Trinajstić information content (AvgIpc) is 2.80. The van der Waals surface area contributed by atoms with Gasteiger partial charge in [-0.2, -0.15) is 0 Å². The molecule has 2 heterocycles. The first-order chi connectivity index (χ1) is 15.7. The number of anilines is 2. The minimum absolute atomic E-state index is 0.0553. The lowest BCUT2D eigenvalue weighted by Gasteiger charge is -2.45. The predicted octanol–water partition coefficient (Wildman–Crippen LogP) is 2.10.